The molecule has 0 radical (unpaired) electrons. The number of nitrogens with two attached hydrogens (primary N) is 2. The largest absolute Gasteiger partial charge is 0.350 e. The van der Waals surface area contributed by atoms with Gasteiger partial charge in [0.15, 0.2) is 0 Å². The van der Waals surface area contributed by atoms with Gasteiger partial charge in [-0.1, -0.05) is 0 Å². The van der Waals surface area contributed by atoms with Gasteiger partial charge in [0.2, 0.25) is 10.9 Å². The number of thiol groups is 1. The summed E-state index contributed by atoms with van der Waals surface area (Å²) in [7, 11) is -8.25. The highest BCUT2D eigenvalue weighted by molar-refractivity contribution is 7.96. The summed E-state index contributed by atoms with van der Waals surface area (Å²) in [5.74, 6) is 0. The fourth-order valence-electron chi connectivity index (χ4n) is 0.299. The Morgan fingerprint density at radius 1 is 1.36 bits per heavy atom. The van der Waals surface area contributed by atoms with E-state index in [0.717, 1.165) is 0 Å². The number of nitrogens with zero attached hydrogens (tertiary/aromatic N) is 1. The van der Waals surface area contributed by atoms with Crippen molar-refractivity contribution >= 4 is 27.1 Å². The molecule has 0 aliphatic carbocycles. The van der Waals surface area contributed by atoms with E-state index in [-0.39, 0.29) is 0 Å². The molecule has 0 aliphatic heterocycles. The van der Waals surface area contributed by atoms with Crippen molar-refractivity contribution in [2.75, 3.05) is 0 Å². The Labute approximate surface area is 64.0 Å². The maximum absolute atomic E-state index is 10.2. The average molecular weight is 203 g/mol. The third kappa shape index (κ3) is 2.69. The summed E-state index contributed by atoms with van der Waals surface area (Å²) in [5, 5.41) is 4.30. The molecule has 2 amide bonds. The Hall–Kier alpha value is -0.870. The summed E-state index contributed by atoms with van der Waals surface area (Å²) in [6, 6.07) is -1.66. The zero-order valence-electron chi connectivity index (χ0n) is 5.00. The van der Waals surface area contributed by atoms with Crippen molar-refractivity contribution in [2.45, 2.75) is 0 Å². The van der Waals surface area contributed by atoms with Crippen molar-refractivity contribution in [1.82, 2.24) is 3.71 Å². The molecule has 0 aromatic heterocycles. The molecule has 0 atom stereocenters. The van der Waals surface area contributed by atoms with Crippen LogP contribution in [-0.4, -0.2) is 26.6 Å². The highest BCUT2D eigenvalue weighted by Gasteiger charge is 2.23. The van der Waals surface area contributed by atoms with E-state index in [9.17, 15) is 21.6 Å². The smallest absolute Gasteiger partial charge is 0.343 e. The zero-order chi connectivity index (χ0) is 9.23. The first kappa shape index (κ1) is 10.1. The molecule has 0 aromatic rings. The molecule has 0 bridgehead atoms. The van der Waals surface area contributed by atoms with Gasteiger partial charge in [0.25, 0.3) is 0 Å². The van der Waals surface area contributed by atoms with Crippen LogP contribution in [0.5, 0.6) is 0 Å². The molecular formula is CH5N3O5S2. The van der Waals surface area contributed by atoms with Gasteiger partial charge in [0.05, 0.1) is 0 Å². The van der Waals surface area contributed by atoms with Crippen LogP contribution in [0.25, 0.3) is 0 Å². The molecule has 0 spiro atoms. The summed E-state index contributed by atoms with van der Waals surface area (Å²) < 4.78 is 39.8. The molecule has 0 aliphatic rings. The molecule has 0 unspecified atom stereocenters. The Morgan fingerprint density at radius 3 is 1.73 bits per heavy atom. The van der Waals surface area contributed by atoms with Gasteiger partial charge >= 0.3 is 16.2 Å². The molecule has 0 fully saturated rings. The van der Waals surface area contributed by atoms with Crippen molar-refractivity contribution in [1.29, 1.82) is 0 Å². The molecule has 0 rings (SSSR count). The Bertz CT molecular complexity index is 318. The summed E-state index contributed by atoms with van der Waals surface area (Å²) in [5.41, 5.74) is 4.37. The highest BCUT2D eigenvalue weighted by atomic mass is 32.3. The number of primary amides is 1. The lowest BCUT2D eigenvalue weighted by molar-refractivity contribution is 0.244. The lowest BCUT2D eigenvalue weighted by Crippen LogP contribution is -2.43. The molecule has 4 N–H and O–H groups in total. The number of hydrogen-bond donors (Lipinski definition) is 3. The predicted octanol–water partition coefficient (Wildman–Crippen LogP) is -2.90. The van der Waals surface area contributed by atoms with Crippen molar-refractivity contribution in [2.24, 2.45) is 10.9 Å². The number of urea groups is 1. The highest BCUT2D eigenvalue weighted by Crippen LogP contribution is 1.92. The quantitative estimate of drug-likeness (QED) is 0.413. The first-order valence-electron chi connectivity index (χ1n) is 2.03. The summed E-state index contributed by atoms with van der Waals surface area (Å²) >= 11 is 0. The van der Waals surface area contributed by atoms with E-state index >= 15 is 0 Å². The minimum atomic E-state index is -4.60. The van der Waals surface area contributed by atoms with E-state index in [2.05, 4.69) is 10.9 Å². The van der Waals surface area contributed by atoms with Crippen LogP contribution in [-0.2, 0) is 21.1 Å². The molecular weight excluding hydrogens is 198 g/mol. The van der Waals surface area contributed by atoms with Crippen molar-refractivity contribution in [3.63, 3.8) is 0 Å². The predicted molar refractivity (Wildman–Crippen MR) is 34.8 cm³/mol. The molecule has 0 aromatic carbocycles. The summed E-state index contributed by atoms with van der Waals surface area (Å²) in [4.78, 5) is 10.1. The third-order valence-electron chi connectivity index (χ3n) is 0.578. The molecule has 10 heteroatoms. The van der Waals surface area contributed by atoms with Crippen molar-refractivity contribution in [3.8, 4) is 0 Å². The van der Waals surface area contributed by atoms with E-state index in [1.165, 1.54) is 0 Å². The lowest BCUT2D eigenvalue weighted by Gasteiger charge is -2.07. The Balaban J connectivity index is 5.11. The number of hydrogen-bond acceptors (Lipinski definition) is 5. The maximum Gasteiger partial charge on any atom is 0.343 e. The molecule has 0 saturated carbocycles. The van der Waals surface area contributed by atoms with E-state index < -0.39 is 30.8 Å². The molecule has 8 nitrogen and oxygen atoms in total. The van der Waals surface area contributed by atoms with Gasteiger partial charge in [0, 0.05) is 0 Å². The number of carbonyl (C=O) groups excluding carboxylic acids is 1. The van der Waals surface area contributed by atoms with Crippen LogP contribution in [0, 0.1) is 0 Å². The first-order valence-corrected chi connectivity index (χ1v) is 4.67. The second kappa shape index (κ2) is 3.02. The van der Waals surface area contributed by atoms with Crippen LogP contribution in [0.15, 0.2) is 0 Å². The normalized spacial score (nSPS) is 11.5. The number of rotatable bonds is 2. The zero-order valence-corrected chi connectivity index (χ0v) is 6.71. The van der Waals surface area contributed by atoms with Crippen LogP contribution in [0.4, 0.5) is 4.79 Å². The minimum absolute atomic E-state index is 0.637. The van der Waals surface area contributed by atoms with Gasteiger partial charge in [-0.3, -0.25) is 0 Å². The van der Waals surface area contributed by atoms with Crippen molar-refractivity contribution in [3.05, 3.63) is 0 Å². The van der Waals surface area contributed by atoms with Gasteiger partial charge in [0.1, 0.15) is 0 Å². The van der Waals surface area contributed by atoms with E-state index in [4.69, 9.17) is 0 Å². The van der Waals surface area contributed by atoms with Gasteiger partial charge < -0.3 is 5.73 Å². The number of carbonyl (C=O) groups is 1. The van der Waals surface area contributed by atoms with E-state index in [1.807, 2.05) is 0 Å². The second-order valence-electron chi connectivity index (χ2n) is 1.36. The van der Waals surface area contributed by atoms with Crippen LogP contribution in [0.3, 0.4) is 0 Å². The summed E-state index contributed by atoms with van der Waals surface area (Å²) in [6.45, 7) is 0. The van der Waals surface area contributed by atoms with Crippen LogP contribution >= 0.6 is 0 Å². The van der Waals surface area contributed by atoms with Gasteiger partial charge in [-0.25, -0.2) is 18.4 Å². The fourth-order valence-corrected chi connectivity index (χ4v) is 1.45. The number of amides is 2. The molecule has 11 heavy (non-hydrogen) atoms. The van der Waals surface area contributed by atoms with E-state index in [0.29, 0.717) is 0 Å². The van der Waals surface area contributed by atoms with Crippen molar-refractivity contribution < 1.29 is 21.6 Å². The van der Waals surface area contributed by atoms with Crippen LogP contribution in [0.1, 0.15) is 0 Å². The van der Waals surface area contributed by atoms with Crippen LogP contribution in [0.2, 0.25) is 0 Å². The standard InChI is InChI=1S/CH5N3O5S2/c2-1(5)4(10(6)7)11(3,8)9/h10H,(H2,2,5)(H2,3,8,9). The fraction of sp³-hybridized carbons (Fsp3) is 0. The average Bonchev–Trinajstić information content (AvgIpc) is 1.54. The molecule has 0 saturated heterocycles. The Kier molecular flexibility index (Phi) is 2.78. The topological polar surface area (TPSA) is 141 Å². The second-order valence-corrected chi connectivity index (χ2v) is 3.91. The van der Waals surface area contributed by atoms with E-state index in [1.54, 1.807) is 0 Å². The minimum Gasteiger partial charge on any atom is -0.350 e. The molecule has 66 valence electrons. The lowest BCUT2D eigenvalue weighted by atomic mass is 11.2. The monoisotopic (exact) mass is 203 g/mol. The SMILES string of the molecule is NC(=O)N([SH](=O)=O)S(N)(=O)=O. The van der Waals surface area contributed by atoms with Gasteiger partial charge in [-0.15, -0.1) is 3.71 Å². The van der Waals surface area contributed by atoms with Gasteiger partial charge in [-0.2, -0.15) is 8.42 Å². The first-order chi connectivity index (χ1) is 4.76. The third-order valence-corrected chi connectivity index (χ3v) is 2.82. The van der Waals surface area contributed by atoms with Crippen LogP contribution < -0.4 is 10.9 Å². The maximum atomic E-state index is 10.2. The summed E-state index contributed by atoms with van der Waals surface area (Å²) in [6.07, 6.45) is 0. The Morgan fingerprint density at radius 2 is 1.73 bits per heavy atom. The van der Waals surface area contributed by atoms with Gasteiger partial charge in [-0.05, 0) is 0 Å². The molecule has 0 heterocycles.